The first kappa shape index (κ1) is 15.0. The number of nitrogens with zero attached hydrogens (tertiary/aromatic N) is 4. The molecule has 4 aromatic rings. The van der Waals surface area contributed by atoms with Crippen LogP contribution in [0.3, 0.4) is 0 Å². The Morgan fingerprint density at radius 3 is 2.80 bits per heavy atom. The topological polar surface area (TPSA) is 88.5 Å². The Morgan fingerprint density at radius 2 is 2.04 bits per heavy atom. The monoisotopic (exact) mass is 336 g/mol. The fraction of sp³-hybridized carbons (Fsp3) is 0.0588. The van der Waals surface area contributed by atoms with Crippen LogP contribution in [0, 0.1) is 5.82 Å². The predicted molar refractivity (Wildman–Crippen MR) is 90.1 cm³/mol. The van der Waals surface area contributed by atoms with Gasteiger partial charge < -0.3 is 10.3 Å². The summed E-state index contributed by atoms with van der Waals surface area (Å²) >= 11 is 0. The number of hydrogen-bond donors (Lipinski definition) is 2. The lowest BCUT2D eigenvalue weighted by molar-refractivity contribution is -0.116. The minimum atomic E-state index is -0.294. The van der Waals surface area contributed by atoms with Crippen molar-refractivity contribution < 1.29 is 9.18 Å². The normalized spacial score (nSPS) is 10.9. The average Bonchev–Trinajstić information content (AvgIpc) is 3.24. The summed E-state index contributed by atoms with van der Waals surface area (Å²) in [5, 5.41) is 10.2. The van der Waals surface area contributed by atoms with Crippen LogP contribution >= 0.6 is 0 Å². The second-order valence-electron chi connectivity index (χ2n) is 5.47. The first-order valence-electron chi connectivity index (χ1n) is 7.57. The number of halogens is 1. The van der Waals surface area contributed by atoms with Gasteiger partial charge in [-0.1, -0.05) is 5.21 Å². The van der Waals surface area contributed by atoms with Crippen LogP contribution in [0.5, 0.6) is 0 Å². The van der Waals surface area contributed by atoms with E-state index in [1.165, 1.54) is 23.0 Å². The molecule has 0 aliphatic rings. The lowest BCUT2D eigenvalue weighted by Gasteiger charge is -2.04. The van der Waals surface area contributed by atoms with Gasteiger partial charge in [0.25, 0.3) is 0 Å². The van der Waals surface area contributed by atoms with Crippen molar-refractivity contribution in [3.8, 4) is 11.4 Å². The van der Waals surface area contributed by atoms with Crippen molar-refractivity contribution >= 4 is 22.6 Å². The van der Waals surface area contributed by atoms with Crippen molar-refractivity contribution in [1.29, 1.82) is 0 Å². The molecule has 0 saturated carbocycles. The van der Waals surface area contributed by atoms with Crippen molar-refractivity contribution in [2.24, 2.45) is 0 Å². The summed E-state index contributed by atoms with van der Waals surface area (Å²) in [6, 6.07) is 11.5. The fourth-order valence-corrected chi connectivity index (χ4v) is 2.50. The van der Waals surface area contributed by atoms with Gasteiger partial charge in [-0.3, -0.25) is 4.79 Å². The van der Waals surface area contributed by atoms with Gasteiger partial charge in [0.05, 0.1) is 17.2 Å². The predicted octanol–water partition coefficient (Wildman–Crippen LogP) is 2.60. The maximum atomic E-state index is 13.0. The van der Waals surface area contributed by atoms with Crippen LogP contribution in [0.15, 0.2) is 54.9 Å². The zero-order chi connectivity index (χ0) is 17.2. The zero-order valence-electron chi connectivity index (χ0n) is 13.0. The van der Waals surface area contributed by atoms with Crippen LogP contribution in [0.4, 0.5) is 10.1 Å². The molecule has 0 atom stereocenters. The van der Waals surface area contributed by atoms with E-state index in [-0.39, 0.29) is 18.3 Å². The van der Waals surface area contributed by atoms with Crippen molar-refractivity contribution in [3.05, 3.63) is 60.7 Å². The van der Waals surface area contributed by atoms with Gasteiger partial charge in [-0.05, 0) is 42.5 Å². The Morgan fingerprint density at radius 1 is 1.20 bits per heavy atom. The minimum Gasteiger partial charge on any atom is -0.338 e. The minimum absolute atomic E-state index is 0.0852. The molecule has 2 aromatic heterocycles. The molecule has 124 valence electrons. The van der Waals surface area contributed by atoms with E-state index in [1.807, 2.05) is 6.07 Å². The van der Waals surface area contributed by atoms with Crippen LogP contribution in [-0.2, 0) is 11.3 Å². The van der Waals surface area contributed by atoms with Crippen LogP contribution < -0.4 is 5.32 Å². The number of hydrogen-bond acceptors (Lipinski definition) is 4. The highest BCUT2D eigenvalue weighted by molar-refractivity contribution is 5.93. The number of nitrogens with one attached hydrogen (secondary N) is 2. The van der Waals surface area contributed by atoms with E-state index >= 15 is 0 Å². The quantitative estimate of drug-likeness (QED) is 0.599. The van der Waals surface area contributed by atoms with Gasteiger partial charge in [-0.15, -0.1) is 5.10 Å². The highest BCUT2D eigenvalue weighted by atomic mass is 19.1. The van der Waals surface area contributed by atoms with Crippen LogP contribution in [-0.4, -0.2) is 30.9 Å². The number of imidazole rings is 1. The van der Waals surface area contributed by atoms with Crippen molar-refractivity contribution in [2.75, 3.05) is 5.32 Å². The molecule has 1 amide bonds. The second kappa shape index (κ2) is 6.16. The summed E-state index contributed by atoms with van der Waals surface area (Å²) < 4.78 is 14.5. The molecule has 25 heavy (non-hydrogen) atoms. The molecular weight excluding hydrogens is 323 g/mol. The molecule has 0 aliphatic carbocycles. The molecule has 0 radical (unpaired) electrons. The molecule has 0 spiro atoms. The summed E-state index contributed by atoms with van der Waals surface area (Å²) in [5.41, 5.74) is 2.97. The highest BCUT2D eigenvalue weighted by Gasteiger charge is 2.08. The Labute approximate surface area is 141 Å². The van der Waals surface area contributed by atoms with Gasteiger partial charge in [-0.2, -0.15) is 0 Å². The second-order valence-corrected chi connectivity index (χ2v) is 5.47. The summed E-state index contributed by atoms with van der Waals surface area (Å²) in [5.74, 6) is 0.140. The van der Waals surface area contributed by atoms with E-state index in [9.17, 15) is 9.18 Å². The van der Waals surface area contributed by atoms with Crippen LogP contribution in [0.25, 0.3) is 22.4 Å². The van der Waals surface area contributed by atoms with Crippen molar-refractivity contribution in [3.63, 3.8) is 0 Å². The lowest BCUT2D eigenvalue weighted by Crippen LogP contribution is -2.19. The molecule has 8 heteroatoms. The largest absolute Gasteiger partial charge is 0.338 e. The number of carbonyl (C=O) groups is 1. The molecule has 0 bridgehead atoms. The molecule has 4 rings (SSSR count). The third kappa shape index (κ3) is 3.23. The highest BCUT2D eigenvalue weighted by Crippen LogP contribution is 2.23. The number of amides is 1. The van der Waals surface area contributed by atoms with Gasteiger partial charge in [0, 0.05) is 17.4 Å². The number of anilines is 1. The number of aromatic amines is 1. The van der Waals surface area contributed by atoms with E-state index in [2.05, 4.69) is 25.6 Å². The third-order valence-electron chi connectivity index (χ3n) is 3.66. The number of fused-ring (bicyclic) bond motifs is 1. The summed E-state index contributed by atoms with van der Waals surface area (Å²) in [7, 11) is 0. The standard InChI is InChI=1S/C17H13FN6O/c18-12-3-1-11(2-4-12)17-21-14-6-5-13(9-15(14)22-17)20-16(25)10-24-8-7-19-23-24/h1-9H,10H2,(H,20,25)(H,21,22). The maximum Gasteiger partial charge on any atom is 0.246 e. The SMILES string of the molecule is O=C(Cn1ccnn1)Nc1ccc2nc(-c3ccc(F)cc3)[nH]c2c1. The van der Waals surface area contributed by atoms with E-state index in [4.69, 9.17) is 0 Å². The first-order valence-corrected chi connectivity index (χ1v) is 7.57. The van der Waals surface area contributed by atoms with Gasteiger partial charge in [0.1, 0.15) is 18.2 Å². The molecule has 2 heterocycles. The van der Waals surface area contributed by atoms with E-state index < -0.39 is 0 Å². The molecule has 7 nitrogen and oxygen atoms in total. The summed E-state index contributed by atoms with van der Waals surface area (Å²) in [6.07, 6.45) is 3.13. The van der Waals surface area contributed by atoms with Crippen LogP contribution in [0.1, 0.15) is 0 Å². The summed E-state index contributed by atoms with van der Waals surface area (Å²) in [6.45, 7) is 0.0852. The molecule has 2 aromatic carbocycles. The summed E-state index contributed by atoms with van der Waals surface area (Å²) in [4.78, 5) is 19.7. The van der Waals surface area contributed by atoms with Crippen molar-refractivity contribution in [2.45, 2.75) is 6.54 Å². The number of rotatable bonds is 4. The number of benzene rings is 2. The molecule has 2 N–H and O–H groups in total. The molecule has 0 fully saturated rings. The molecule has 0 aliphatic heterocycles. The molecular formula is C17H13FN6O. The Hall–Kier alpha value is -3.55. The van der Waals surface area contributed by atoms with Crippen LogP contribution in [0.2, 0.25) is 0 Å². The Kier molecular flexibility index (Phi) is 3.70. The Bertz CT molecular complexity index is 1020. The number of carbonyl (C=O) groups excluding carboxylic acids is 1. The van der Waals surface area contributed by atoms with Gasteiger partial charge >= 0.3 is 0 Å². The molecule has 0 unspecified atom stereocenters. The smallest absolute Gasteiger partial charge is 0.246 e. The first-order chi connectivity index (χ1) is 12.2. The fourth-order valence-electron chi connectivity index (χ4n) is 2.50. The van der Waals surface area contributed by atoms with E-state index in [0.717, 1.165) is 16.6 Å². The molecule has 0 saturated heterocycles. The number of aromatic nitrogens is 5. The van der Waals surface area contributed by atoms with Gasteiger partial charge in [-0.25, -0.2) is 14.1 Å². The maximum absolute atomic E-state index is 13.0. The third-order valence-corrected chi connectivity index (χ3v) is 3.66. The lowest BCUT2D eigenvalue weighted by atomic mass is 10.2. The average molecular weight is 336 g/mol. The number of H-pyrrole nitrogens is 1. The van der Waals surface area contributed by atoms with E-state index in [0.29, 0.717) is 11.5 Å². The van der Waals surface area contributed by atoms with Gasteiger partial charge in [0.2, 0.25) is 5.91 Å². The van der Waals surface area contributed by atoms with Gasteiger partial charge in [0.15, 0.2) is 0 Å². The zero-order valence-corrected chi connectivity index (χ0v) is 13.0. The Balaban J connectivity index is 1.55. The van der Waals surface area contributed by atoms with E-state index in [1.54, 1.807) is 30.5 Å². The van der Waals surface area contributed by atoms with Crippen molar-refractivity contribution in [1.82, 2.24) is 25.0 Å².